The molecule has 2 aliphatic rings. The van der Waals surface area contributed by atoms with Crippen molar-refractivity contribution in [2.45, 2.75) is 12.6 Å². The van der Waals surface area contributed by atoms with Gasteiger partial charge in [-0.3, -0.25) is 4.90 Å². The molecule has 0 radical (unpaired) electrons. The molecule has 0 bridgehead atoms. The Kier molecular flexibility index (Phi) is 2.53. The van der Waals surface area contributed by atoms with Crippen LogP contribution in [0.25, 0.3) is 0 Å². The first-order valence-corrected chi connectivity index (χ1v) is 4.79. The molecule has 0 aromatic heterocycles. The number of likely N-dealkylation sites (tertiary alicyclic amines) is 1. The Morgan fingerprint density at radius 3 is 2.69 bits per heavy atom. The molecule has 0 aromatic rings. The van der Waals surface area contributed by atoms with Crippen molar-refractivity contribution in [3.8, 4) is 0 Å². The molecule has 2 fully saturated rings. The molecule has 2 rings (SSSR count). The molecule has 1 N–H and O–H groups in total. The van der Waals surface area contributed by atoms with Crippen LogP contribution in [0.1, 0.15) is 6.42 Å². The van der Waals surface area contributed by atoms with Gasteiger partial charge in [0.2, 0.25) is 0 Å². The summed E-state index contributed by atoms with van der Waals surface area (Å²) in [5.74, 6) is 0. The van der Waals surface area contributed by atoms with Gasteiger partial charge in [0, 0.05) is 19.6 Å². The van der Waals surface area contributed by atoms with E-state index in [9.17, 15) is 4.39 Å². The van der Waals surface area contributed by atoms with E-state index >= 15 is 0 Å². The van der Waals surface area contributed by atoms with Crippen LogP contribution in [0.15, 0.2) is 0 Å². The molecule has 0 aliphatic carbocycles. The van der Waals surface area contributed by atoms with Crippen LogP contribution in [0.3, 0.4) is 0 Å². The van der Waals surface area contributed by atoms with Gasteiger partial charge in [0.1, 0.15) is 6.17 Å². The quantitative estimate of drug-likeness (QED) is 0.680. The lowest BCUT2D eigenvalue weighted by Crippen LogP contribution is -2.52. The minimum absolute atomic E-state index is 0.0932. The topological polar surface area (TPSA) is 32.7 Å². The zero-order valence-corrected chi connectivity index (χ0v) is 7.71. The van der Waals surface area contributed by atoms with Crippen LogP contribution in [0.2, 0.25) is 0 Å². The van der Waals surface area contributed by atoms with Crippen molar-refractivity contribution < 1.29 is 14.2 Å². The highest BCUT2D eigenvalue weighted by molar-refractivity contribution is 4.90. The van der Waals surface area contributed by atoms with Crippen LogP contribution in [0.5, 0.6) is 0 Å². The monoisotopic (exact) mass is 189 g/mol. The number of rotatable bonds is 3. The molecule has 4 heteroatoms. The summed E-state index contributed by atoms with van der Waals surface area (Å²) in [4.78, 5) is 2.09. The van der Waals surface area contributed by atoms with Crippen LogP contribution in [0.4, 0.5) is 4.39 Å². The Bertz CT molecular complexity index is 179. The van der Waals surface area contributed by atoms with Gasteiger partial charge >= 0.3 is 0 Å². The number of aliphatic hydroxyl groups is 1. The van der Waals surface area contributed by atoms with Gasteiger partial charge in [-0.1, -0.05) is 0 Å². The predicted octanol–water partition coefficient (Wildman–Crippen LogP) is 0.0391. The van der Waals surface area contributed by atoms with Gasteiger partial charge in [0.25, 0.3) is 0 Å². The molecular formula is C9H16FNO2. The van der Waals surface area contributed by atoms with Crippen molar-refractivity contribution >= 4 is 0 Å². The van der Waals surface area contributed by atoms with E-state index < -0.39 is 6.17 Å². The summed E-state index contributed by atoms with van der Waals surface area (Å²) in [5, 5.41) is 9.16. The Morgan fingerprint density at radius 1 is 1.54 bits per heavy atom. The lowest BCUT2D eigenvalue weighted by Gasteiger charge is -2.42. The third kappa shape index (κ3) is 1.85. The Balaban J connectivity index is 1.83. The van der Waals surface area contributed by atoms with Crippen molar-refractivity contribution in [3.05, 3.63) is 0 Å². The Morgan fingerprint density at radius 2 is 2.31 bits per heavy atom. The fourth-order valence-electron chi connectivity index (χ4n) is 2.03. The van der Waals surface area contributed by atoms with Crippen molar-refractivity contribution in [1.29, 1.82) is 0 Å². The summed E-state index contributed by atoms with van der Waals surface area (Å²) < 4.78 is 17.9. The molecule has 2 aliphatic heterocycles. The molecule has 13 heavy (non-hydrogen) atoms. The fourth-order valence-corrected chi connectivity index (χ4v) is 2.03. The fraction of sp³-hybridized carbons (Fsp3) is 1.00. The summed E-state index contributed by atoms with van der Waals surface area (Å²) in [7, 11) is 0. The van der Waals surface area contributed by atoms with E-state index in [0.29, 0.717) is 26.2 Å². The second kappa shape index (κ2) is 3.52. The number of nitrogens with zero attached hydrogens (tertiary/aromatic N) is 1. The van der Waals surface area contributed by atoms with Crippen LogP contribution in [-0.2, 0) is 4.74 Å². The van der Waals surface area contributed by atoms with E-state index in [1.165, 1.54) is 0 Å². The molecule has 2 saturated heterocycles. The van der Waals surface area contributed by atoms with Gasteiger partial charge < -0.3 is 9.84 Å². The zero-order chi connectivity index (χ0) is 9.31. The summed E-state index contributed by atoms with van der Waals surface area (Å²) >= 11 is 0. The SMILES string of the molecule is OCC1(CN2CCC(F)C2)COC1. The standard InChI is InChI=1S/C9H16FNO2/c10-8-1-2-11(3-8)4-9(5-12)6-13-7-9/h8,12H,1-7H2. The van der Waals surface area contributed by atoms with E-state index in [-0.39, 0.29) is 12.0 Å². The summed E-state index contributed by atoms with van der Waals surface area (Å²) in [5.41, 5.74) is -0.0932. The molecule has 2 heterocycles. The predicted molar refractivity (Wildman–Crippen MR) is 46.3 cm³/mol. The second-order valence-electron chi connectivity index (χ2n) is 4.27. The van der Waals surface area contributed by atoms with E-state index in [1.807, 2.05) is 0 Å². The molecule has 1 unspecified atom stereocenters. The number of hydrogen-bond donors (Lipinski definition) is 1. The molecule has 1 atom stereocenters. The first kappa shape index (κ1) is 9.37. The van der Waals surface area contributed by atoms with E-state index in [4.69, 9.17) is 9.84 Å². The average Bonchev–Trinajstić information content (AvgIpc) is 2.44. The first-order valence-electron chi connectivity index (χ1n) is 4.79. The van der Waals surface area contributed by atoms with E-state index in [0.717, 1.165) is 13.1 Å². The van der Waals surface area contributed by atoms with Crippen LogP contribution < -0.4 is 0 Å². The summed E-state index contributed by atoms with van der Waals surface area (Å²) in [6.07, 6.45) is -0.0285. The average molecular weight is 189 g/mol. The van der Waals surface area contributed by atoms with Gasteiger partial charge in [-0.2, -0.15) is 0 Å². The molecule has 0 saturated carbocycles. The van der Waals surface area contributed by atoms with Crippen LogP contribution in [0, 0.1) is 5.41 Å². The normalized spacial score (nSPS) is 33.2. The molecular weight excluding hydrogens is 173 g/mol. The number of ether oxygens (including phenoxy) is 1. The molecule has 3 nitrogen and oxygen atoms in total. The van der Waals surface area contributed by atoms with Crippen molar-refractivity contribution in [2.24, 2.45) is 5.41 Å². The van der Waals surface area contributed by atoms with Crippen molar-refractivity contribution in [2.75, 3.05) is 39.5 Å². The first-order chi connectivity index (χ1) is 6.24. The summed E-state index contributed by atoms with van der Waals surface area (Å²) in [6.45, 7) is 3.53. The molecule has 0 aromatic carbocycles. The summed E-state index contributed by atoms with van der Waals surface area (Å²) in [6, 6.07) is 0. The lowest BCUT2D eigenvalue weighted by molar-refractivity contribution is -0.146. The third-order valence-corrected chi connectivity index (χ3v) is 2.93. The van der Waals surface area contributed by atoms with Crippen molar-refractivity contribution in [3.63, 3.8) is 0 Å². The largest absolute Gasteiger partial charge is 0.396 e. The highest BCUT2D eigenvalue weighted by Crippen LogP contribution is 2.29. The molecule has 0 amide bonds. The lowest BCUT2D eigenvalue weighted by atomic mass is 9.86. The molecule has 76 valence electrons. The highest BCUT2D eigenvalue weighted by Gasteiger charge is 2.40. The minimum atomic E-state index is -0.670. The van der Waals surface area contributed by atoms with Gasteiger partial charge in [-0.15, -0.1) is 0 Å². The maximum Gasteiger partial charge on any atom is 0.114 e. The Labute approximate surface area is 77.5 Å². The maximum atomic E-state index is 12.8. The molecule has 0 spiro atoms. The van der Waals surface area contributed by atoms with Gasteiger partial charge in [0.05, 0.1) is 25.2 Å². The maximum absolute atomic E-state index is 12.8. The van der Waals surface area contributed by atoms with Crippen molar-refractivity contribution in [1.82, 2.24) is 4.90 Å². The Hall–Kier alpha value is -0.190. The number of alkyl halides is 1. The minimum Gasteiger partial charge on any atom is -0.396 e. The third-order valence-electron chi connectivity index (χ3n) is 2.93. The van der Waals surface area contributed by atoms with E-state index in [2.05, 4.69) is 4.90 Å². The highest BCUT2D eigenvalue weighted by atomic mass is 19.1. The number of halogens is 1. The van der Waals surface area contributed by atoms with Crippen LogP contribution >= 0.6 is 0 Å². The second-order valence-corrected chi connectivity index (χ2v) is 4.27. The van der Waals surface area contributed by atoms with Gasteiger partial charge in [0.15, 0.2) is 0 Å². The van der Waals surface area contributed by atoms with Gasteiger partial charge in [-0.25, -0.2) is 4.39 Å². The zero-order valence-electron chi connectivity index (χ0n) is 7.71. The van der Waals surface area contributed by atoms with Gasteiger partial charge in [-0.05, 0) is 6.42 Å². The van der Waals surface area contributed by atoms with E-state index in [1.54, 1.807) is 0 Å². The number of aliphatic hydroxyl groups excluding tert-OH is 1. The number of hydrogen-bond acceptors (Lipinski definition) is 3. The van der Waals surface area contributed by atoms with Crippen LogP contribution in [-0.4, -0.2) is 55.6 Å². The smallest absolute Gasteiger partial charge is 0.114 e.